The van der Waals surface area contributed by atoms with Crippen molar-refractivity contribution in [3.05, 3.63) is 0 Å². The molecule has 2 aliphatic heterocycles. The van der Waals surface area contributed by atoms with E-state index in [-0.39, 0.29) is 15.7 Å². The van der Waals surface area contributed by atoms with E-state index < -0.39 is 23.9 Å². The van der Waals surface area contributed by atoms with E-state index >= 15 is 0 Å². The molecule has 0 N–H and O–H groups in total. The van der Waals surface area contributed by atoms with E-state index in [1.807, 2.05) is 0 Å². The lowest BCUT2D eigenvalue weighted by atomic mass is 9.74. The smallest absolute Gasteiger partial charge is 0.411 e. The number of hydrogen-bond donors (Lipinski definition) is 0. The Kier molecular flexibility index (Phi) is 4.09. The number of halogens is 2. The standard InChI is InChI=1S/C13H19FINO3/c1-13(2,3)19-12(18)16-7-4-5-8(9(14)6-7)10(16)11(15)17/h7-10H,4-6H2,1-3H3/t7-,8+,9-,10-/m0/s1. The number of ether oxygens (including phenoxy) is 1. The molecule has 0 aromatic rings. The second-order valence-corrected chi connectivity index (χ2v) is 7.35. The van der Waals surface area contributed by atoms with Gasteiger partial charge in [-0.2, -0.15) is 0 Å². The van der Waals surface area contributed by atoms with Crippen molar-refractivity contribution >= 4 is 32.5 Å². The maximum absolute atomic E-state index is 13.9. The van der Waals surface area contributed by atoms with Crippen molar-refractivity contribution in [2.24, 2.45) is 5.92 Å². The van der Waals surface area contributed by atoms with Gasteiger partial charge in [-0.25, -0.2) is 9.18 Å². The molecule has 1 amide bonds. The predicted molar refractivity (Wildman–Crippen MR) is 76.9 cm³/mol. The monoisotopic (exact) mass is 383 g/mol. The van der Waals surface area contributed by atoms with Crippen LogP contribution in [0.3, 0.4) is 0 Å². The van der Waals surface area contributed by atoms with Crippen molar-refractivity contribution in [3.8, 4) is 0 Å². The number of amides is 1. The Morgan fingerprint density at radius 1 is 1.32 bits per heavy atom. The molecule has 4 nitrogen and oxygen atoms in total. The number of hydrogen-bond acceptors (Lipinski definition) is 3. The summed E-state index contributed by atoms with van der Waals surface area (Å²) in [6, 6.07) is -0.878. The molecule has 0 aromatic heterocycles. The Morgan fingerprint density at radius 3 is 2.42 bits per heavy atom. The van der Waals surface area contributed by atoms with Gasteiger partial charge in [0.2, 0.25) is 3.79 Å². The molecule has 0 unspecified atom stereocenters. The summed E-state index contributed by atoms with van der Waals surface area (Å²) in [6.45, 7) is 5.35. The quantitative estimate of drug-likeness (QED) is 0.517. The van der Waals surface area contributed by atoms with Gasteiger partial charge in [-0.3, -0.25) is 9.69 Å². The summed E-state index contributed by atoms with van der Waals surface area (Å²) in [6.07, 6.45) is 0.268. The highest BCUT2D eigenvalue weighted by molar-refractivity contribution is 14.1. The SMILES string of the molecule is CC(C)(C)OC(=O)N1[C@H]2CC[C@@H]([C@H]1C(=O)I)[C@@H](F)C2. The van der Waals surface area contributed by atoms with E-state index in [0.29, 0.717) is 12.8 Å². The number of fused-ring (bicyclic) bond motifs is 3. The lowest BCUT2D eigenvalue weighted by Crippen LogP contribution is -2.63. The zero-order chi connectivity index (χ0) is 14.4. The first-order valence-corrected chi connectivity index (χ1v) is 7.63. The van der Waals surface area contributed by atoms with Crippen LogP contribution in [0.5, 0.6) is 0 Å². The summed E-state index contributed by atoms with van der Waals surface area (Å²) in [5.41, 5.74) is -0.609. The summed E-state index contributed by atoms with van der Waals surface area (Å²) in [4.78, 5) is 25.5. The summed E-state index contributed by atoms with van der Waals surface area (Å²) >= 11 is 1.66. The first-order valence-electron chi connectivity index (χ1n) is 6.55. The van der Waals surface area contributed by atoms with E-state index in [2.05, 4.69) is 0 Å². The normalized spacial score (nSPS) is 34.3. The van der Waals surface area contributed by atoms with Crippen LogP contribution in [0, 0.1) is 5.92 Å². The maximum atomic E-state index is 13.9. The van der Waals surface area contributed by atoms with Crippen LogP contribution in [0.25, 0.3) is 0 Å². The molecule has 3 fully saturated rings. The molecule has 2 heterocycles. The number of piperidine rings is 2. The van der Waals surface area contributed by atoms with Crippen LogP contribution in [0.15, 0.2) is 0 Å². The topological polar surface area (TPSA) is 46.6 Å². The fourth-order valence-electron chi connectivity index (χ4n) is 3.01. The summed E-state index contributed by atoms with van der Waals surface area (Å²) < 4.78 is 19.1. The van der Waals surface area contributed by atoms with Gasteiger partial charge >= 0.3 is 6.09 Å². The third-order valence-corrected chi connectivity index (χ3v) is 4.37. The summed E-state index contributed by atoms with van der Waals surface area (Å²) in [7, 11) is 0. The van der Waals surface area contributed by atoms with E-state index in [4.69, 9.17) is 4.74 Å². The van der Waals surface area contributed by atoms with Gasteiger partial charge in [-0.15, -0.1) is 0 Å². The van der Waals surface area contributed by atoms with Crippen molar-refractivity contribution in [1.29, 1.82) is 0 Å². The highest BCUT2D eigenvalue weighted by atomic mass is 127. The molecule has 0 spiro atoms. The Balaban J connectivity index is 2.22. The molecule has 3 aliphatic rings. The molecule has 6 heteroatoms. The van der Waals surface area contributed by atoms with Crippen molar-refractivity contribution in [2.75, 3.05) is 0 Å². The molecule has 0 radical (unpaired) electrons. The lowest BCUT2D eigenvalue weighted by molar-refractivity contribution is -0.127. The number of alkyl halides is 1. The van der Waals surface area contributed by atoms with Gasteiger partial charge in [0.25, 0.3) is 0 Å². The third-order valence-electron chi connectivity index (χ3n) is 3.73. The molecule has 0 aromatic carbocycles. The van der Waals surface area contributed by atoms with E-state index in [9.17, 15) is 14.0 Å². The molecule has 1 saturated carbocycles. The van der Waals surface area contributed by atoms with Crippen LogP contribution in [0.4, 0.5) is 9.18 Å². The number of carbonyl (C=O) groups is 2. The molecule has 2 bridgehead atoms. The molecule has 19 heavy (non-hydrogen) atoms. The number of rotatable bonds is 1. The second-order valence-electron chi connectivity index (χ2n) is 6.28. The largest absolute Gasteiger partial charge is 0.444 e. The van der Waals surface area contributed by atoms with Gasteiger partial charge in [0.15, 0.2) is 0 Å². The van der Waals surface area contributed by atoms with Gasteiger partial charge in [-0.05, 0) is 40.0 Å². The van der Waals surface area contributed by atoms with Crippen molar-refractivity contribution in [1.82, 2.24) is 4.90 Å². The van der Waals surface area contributed by atoms with Crippen molar-refractivity contribution < 1.29 is 18.7 Å². The zero-order valence-corrected chi connectivity index (χ0v) is 13.5. The summed E-state index contributed by atoms with van der Waals surface area (Å²) in [5, 5.41) is 0. The Labute approximate surface area is 126 Å². The second kappa shape index (κ2) is 5.18. The van der Waals surface area contributed by atoms with Crippen LogP contribution >= 0.6 is 22.6 Å². The number of carbonyl (C=O) groups excluding carboxylic acids is 2. The fourth-order valence-corrected chi connectivity index (χ4v) is 3.78. The van der Waals surface area contributed by atoms with Crippen LogP contribution in [-0.4, -0.2) is 38.6 Å². The zero-order valence-electron chi connectivity index (χ0n) is 11.4. The molecular weight excluding hydrogens is 364 g/mol. The van der Waals surface area contributed by atoms with Gasteiger partial charge in [0.05, 0.1) is 0 Å². The van der Waals surface area contributed by atoms with Gasteiger partial charge in [0, 0.05) is 34.6 Å². The lowest BCUT2D eigenvalue weighted by Gasteiger charge is -2.51. The maximum Gasteiger partial charge on any atom is 0.411 e. The Bertz CT molecular complexity index is 396. The van der Waals surface area contributed by atoms with E-state index in [1.54, 1.807) is 43.4 Å². The van der Waals surface area contributed by atoms with Crippen LogP contribution in [0.2, 0.25) is 0 Å². The van der Waals surface area contributed by atoms with Crippen LogP contribution in [0.1, 0.15) is 40.0 Å². The van der Waals surface area contributed by atoms with Gasteiger partial charge in [-0.1, -0.05) is 0 Å². The minimum Gasteiger partial charge on any atom is -0.444 e. The molecule has 4 atom stereocenters. The van der Waals surface area contributed by atoms with Gasteiger partial charge < -0.3 is 4.74 Å². The summed E-state index contributed by atoms with van der Waals surface area (Å²) in [5.74, 6) is -0.373. The Hall–Kier alpha value is -0.400. The highest BCUT2D eigenvalue weighted by Gasteiger charge is 2.52. The minimum atomic E-state index is -0.985. The van der Waals surface area contributed by atoms with E-state index in [0.717, 1.165) is 6.42 Å². The van der Waals surface area contributed by atoms with E-state index in [1.165, 1.54) is 4.90 Å². The highest BCUT2D eigenvalue weighted by Crippen LogP contribution is 2.43. The average Bonchev–Trinajstić information content (AvgIpc) is 2.25. The molecule has 108 valence electrons. The molecule has 2 saturated heterocycles. The van der Waals surface area contributed by atoms with Crippen LogP contribution in [-0.2, 0) is 9.53 Å². The fraction of sp³-hybridized carbons (Fsp3) is 0.846. The predicted octanol–water partition coefficient (Wildman–Crippen LogP) is 3.07. The van der Waals surface area contributed by atoms with Crippen molar-refractivity contribution in [2.45, 2.75) is 63.9 Å². The third kappa shape index (κ3) is 3.03. The molecule has 1 aliphatic carbocycles. The average molecular weight is 383 g/mol. The van der Waals surface area contributed by atoms with Crippen LogP contribution < -0.4 is 0 Å². The Morgan fingerprint density at radius 2 is 1.95 bits per heavy atom. The first kappa shape index (κ1) is 15.0. The van der Waals surface area contributed by atoms with Gasteiger partial charge in [0.1, 0.15) is 17.8 Å². The van der Waals surface area contributed by atoms with Crippen molar-refractivity contribution in [3.63, 3.8) is 0 Å². The molecule has 3 rings (SSSR count). The molecular formula is C13H19FINO3. The first-order chi connectivity index (χ1) is 8.70. The number of nitrogens with zero attached hydrogens (tertiary/aromatic N) is 1. The minimum absolute atomic E-state index is 0.180.